The van der Waals surface area contributed by atoms with E-state index in [0.29, 0.717) is 6.42 Å². The maximum absolute atomic E-state index is 11.6. The van der Waals surface area contributed by atoms with E-state index in [1.807, 2.05) is 27.0 Å². The van der Waals surface area contributed by atoms with Crippen molar-refractivity contribution in [1.82, 2.24) is 0 Å². The Morgan fingerprint density at radius 2 is 2.20 bits per heavy atom. The zero-order valence-corrected chi connectivity index (χ0v) is 10.6. The van der Waals surface area contributed by atoms with Crippen molar-refractivity contribution in [3.63, 3.8) is 0 Å². The van der Waals surface area contributed by atoms with Gasteiger partial charge in [0.05, 0.1) is 19.2 Å². The minimum Gasteiger partial charge on any atom is -0.465 e. The van der Waals surface area contributed by atoms with Gasteiger partial charge in [-0.2, -0.15) is 0 Å². The van der Waals surface area contributed by atoms with Crippen LogP contribution in [0.2, 0.25) is 0 Å². The van der Waals surface area contributed by atoms with Gasteiger partial charge in [-0.3, -0.25) is 0 Å². The van der Waals surface area contributed by atoms with Crippen LogP contribution in [0.15, 0.2) is 5.16 Å². The van der Waals surface area contributed by atoms with E-state index in [0.717, 1.165) is 5.71 Å². The second-order valence-electron chi connectivity index (χ2n) is 4.50. The van der Waals surface area contributed by atoms with Crippen molar-refractivity contribution >= 4 is 23.4 Å². The molecule has 0 aromatic rings. The molecule has 0 aliphatic carbocycles. The molecule has 0 radical (unpaired) electrons. The summed E-state index contributed by atoms with van der Waals surface area (Å²) in [7, 11) is 1.36. The smallest absolute Gasteiger partial charge is 0.364 e. The van der Waals surface area contributed by atoms with Crippen LogP contribution in [0.3, 0.4) is 0 Å². The summed E-state index contributed by atoms with van der Waals surface area (Å²) in [6.07, 6.45) is 2.31. The first-order chi connectivity index (χ1) is 6.85. The van der Waals surface area contributed by atoms with Crippen molar-refractivity contribution in [2.24, 2.45) is 10.6 Å². The Hall–Kier alpha value is -0.710. The average molecular weight is 231 g/mol. The number of rotatable bonds is 2. The van der Waals surface area contributed by atoms with Gasteiger partial charge in [0.25, 0.3) is 4.93 Å². The van der Waals surface area contributed by atoms with Crippen molar-refractivity contribution in [3.8, 4) is 0 Å². The fourth-order valence-electron chi connectivity index (χ4n) is 1.27. The van der Waals surface area contributed by atoms with E-state index in [-0.39, 0.29) is 11.4 Å². The highest BCUT2D eigenvalue weighted by Gasteiger charge is 2.49. The molecule has 1 unspecified atom stereocenters. The van der Waals surface area contributed by atoms with Crippen molar-refractivity contribution < 1.29 is 14.4 Å². The van der Waals surface area contributed by atoms with Gasteiger partial charge in [-0.05, 0) is 6.26 Å². The number of esters is 1. The lowest BCUT2D eigenvalue weighted by molar-refractivity contribution is -0.155. The van der Waals surface area contributed by atoms with Crippen LogP contribution in [0.1, 0.15) is 27.2 Å². The highest BCUT2D eigenvalue weighted by molar-refractivity contribution is 8.00. The van der Waals surface area contributed by atoms with Gasteiger partial charge >= 0.3 is 5.97 Å². The van der Waals surface area contributed by atoms with E-state index in [2.05, 4.69) is 5.16 Å². The number of thioether (sulfide) groups is 1. The minimum atomic E-state index is -0.975. The largest absolute Gasteiger partial charge is 0.465 e. The number of carbonyl (C=O) groups excluding carboxylic acids is 1. The van der Waals surface area contributed by atoms with E-state index in [1.165, 1.54) is 18.9 Å². The molecule has 0 amide bonds. The van der Waals surface area contributed by atoms with Crippen molar-refractivity contribution in [3.05, 3.63) is 0 Å². The molecule has 1 heterocycles. The molecular weight excluding hydrogens is 214 g/mol. The molecular formula is C10H17NO3S. The summed E-state index contributed by atoms with van der Waals surface area (Å²) in [6, 6.07) is 0. The second-order valence-corrected chi connectivity index (χ2v) is 5.57. The highest BCUT2D eigenvalue weighted by atomic mass is 32.2. The van der Waals surface area contributed by atoms with Crippen LogP contribution in [0, 0.1) is 5.41 Å². The summed E-state index contributed by atoms with van der Waals surface area (Å²) < 4.78 is 4.73. The van der Waals surface area contributed by atoms with Gasteiger partial charge < -0.3 is 9.57 Å². The predicted octanol–water partition coefficient (Wildman–Crippen LogP) is 2.04. The molecule has 0 fully saturated rings. The third-order valence-corrected chi connectivity index (χ3v) is 3.44. The molecule has 1 atom stereocenters. The second kappa shape index (κ2) is 4.04. The molecule has 1 aliphatic rings. The van der Waals surface area contributed by atoms with Gasteiger partial charge in [-0.1, -0.05) is 25.9 Å². The predicted molar refractivity (Wildman–Crippen MR) is 60.9 cm³/mol. The summed E-state index contributed by atoms with van der Waals surface area (Å²) >= 11 is 1.32. The van der Waals surface area contributed by atoms with Crippen LogP contribution in [-0.4, -0.2) is 30.0 Å². The molecule has 0 bridgehead atoms. The number of carbonyl (C=O) groups is 1. The quantitative estimate of drug-likeness (QED) is 0.682. The Labute approximate surface area is 94.4 Å². The van der Waals surface area contributed by atoms with Crippen molar-refractivity contribution in [2.75, 3.05) is 13.4 Å². The Bertz CT molecular complexity index is 296. The molecule has 5 heteroatoms. The van der Waals surface area contributed by atoms with Crippen LogP contribution in [0.4, 0.5) is 0 Å². The van der Waals surface area contributed by atoms with Gasteiger partial charge in [-0.25, -0.2) is 4.79 Å². The van der Waals surface area contributed by atoms with E-state index < -0.39 is 4.93 Å². The standard InChI is InChI=1S/C10H17NO3S/c1-9(2,3)7-6-10(15-5,14-11-7)8(12)13-4/h6H2,1-5H3. The van der Waals surface area contributed by atoms with Gasteiger partial charge in [-0.15, -0.1) is 11.8 Å². The maximum Gasteiger partial charge on any atom is 0.364 e. The van der Waals surface area contributed by atoms with E-state index in [1.54, 1.807) is 0 Å². The number of nitrogens with zero attached hydrogens (tertiary/aromatic N) is 1. The molecule has 15 heavy (non-hydrogen) atoms. The van der Waals surface area contributed by atoms with Crippen molar-refractivity contribution in [1.29, 1.82) is 0 Å². The summed E-state index contributed by atoms with van der Waals surface area (Å²) in [5.74, 6) is -0.377. The van der Waals surface area contributed by atoms with E-state index in [4.69, 9.17) is 9.57 Å². The first kappa shape index (κ1) is 12.4. The van der Waals surface area contributed by atoms with Gasteiger partial charge in [0.1, 0.15) is 0 Å². The number of hydrogen-bond acceptors (Lipinski definition) is 5. The van der Waals surface area contributed by atoms with Crippen LogP contribution in [-0.2, 0) is 14.4 Å². The molecule has 0 aromatic carbocycles. The normalized spacial score (nSPS) is 25.8. The van der Waals surface area contributed by atoms with E-state index >= 15 is 0 Å². The fraction of sp³-hybridized carbons (Fsp3) is 0.800. The van der Waals surface area contributed by atoms with Gasteiger partial charge in [0.2, 0.25) is 0 Å². The first-order valence-corrected chi connectivity index (χ1v) is 5.97. The molecule has 86 valence electrons. The molecule has 0 saturated carbocycles. The maximum atomic E-state index is 11.6. The highest BCUT2D eigenvalue weighted by Crippen LogP contribution is 2.39. The summed E-state index contributed by atoms with van der Waals surface area (Å²) in [6.45, 7) is 6.13. The summed E-state index contributed by atoms with van der Waals surface area (Å²) in [5, 5.41) is 4.00. The third kappa shape index (κ3) is 2.27. The number of methoxy groups -OCH3 is 1. The lowest BCUT2D eigenvalue weighted by atomic mass is 9.87. The average Bonchev–Trinajstić information content (AvgIpc) is 2.61. The first-order valence-electron chi connectivity index (χ1n) is 4.75. The summed E-state index contributed by atoms with van der Waals surface area (Å²) in [5.41, 5.74) is 0.813. The monoisotopic (exact) mass is 231 g/mol. The Morgan fingerprint density at radius 1 is 1.60 bits per heavy atom. The summed E-state index contributed by atoms with van der Waals surface area (Å²) in [4.78, 5) is 15.9. The van der Waals surface area contributed by atoms with Crippen LogP contribution in [0.5, 0.6) is 0 Å². The van der Waals surface area contributed by atoms with Crippen molar-refractivity contribution in [2.45, 2.75) is 32.1 Å². The topological polar surface area (TPSA) is 47.9 Å². The number of hydrogen-bond donors (Lipinski definition) is 0. The molecule has 1 aliphatic heterocycles. The molecule has 4 nitrogen and oxygen atoms in total. The molecule has 0 saturated heterocycles. The SMILES string of the molecule is COC(=O)C1(SC)CC(C(C)(C)C)=NO1. The molecule has 0 aromatic heterocycles. The van der Waals surface area contributed by atoms with Crippen LogP contribution < -0.4 is 0 Å². The minimum absolute atomic E-state index is 0.0779. The van der Waals surface area contributed by atoms with Crippen LogP contribution in [0.25, 0.3) is 0 Å². The number of oxime groups is 1. The molecule has 1 rings (SSSR count). The lowest BCUT2D eigenvalue weighted by Gasteiger charge is -2.22. The zero-order valence-electron chi connectivity index (χ0n) is 9.79. The number of ether oxygens (including phenoxy) is 1. The Kier molecular flexibility index (Phi) is 3.33. The lowest BCUT2D eigenvalue weighted by Crippen LogP contribution is -2.37. The van der Waals surface area contributed by atoms with E-state index in [9.17, 15) is 4.79 Å². The Morgan fingerprint density at radius 3 is 2.53 bits per heavy atom. The van der Waals surface area contributed by atoms with Crippen LogP contribution >= 0.6 is 11.8 Å². The molecule has 0 spiro atoms. The molecule has 0 N–H and O–H groups in total. The fourth-order valence-corrected chi connectivity index (χ4v) is 1.92. The van der Waals surface area contributed by atoms with Gasteiger partial charge in [0.15, 0.2) is 0 Å². The Balaban J connectivity index is 2.83. The third-order valence-electron chi connectivity index (χ3n) is 2.40. The zero-order chi connectivity index (χ0) is 11.7. The van der Waals surface area contributed by atoms with Gasteiger partial charge in [0, 0.05) is 5.41 Å².